The van der Waals surface area contributed by atoms with Crippen LogP contribution in [0.2, 0.25) is 0 Å². The SMILES string of the molecule is CC(C)c1ccc(CNC2CCN(Cc3ccccc3)CC2)cc1.Cl.Cl. The van der Waals surface area contributed by atoms with Gasteiger partial charge in [0.25, 0.3) is 0 Å². The second-order valence-corrected chi connectivity index (χ2v) is 7.31. The van der Waals surface area contributed by atoms with Gasteiger partial charge in [-0.1, -0.05) is 68.4 Å². The standard InChI is InChI=1S/C22H30N2.2ClH/c1-18(2)21-10-8-19(9-11-21)16-23-22-12-14-24(15-13-22)17-20-6-4-3-5-7-20;;/h3-11,18,22-23H,12-17H2,1-2H3;2*1H. The molecule has 26 heavy (non-hydrogen) atoms. The molecule has 0 radical (unpaired) electrons. The van der Waals surface area contributed by atoms with Crippen LogP contribution in [-0.2, 0) is 13.1 Å². The van der Waals surface area contributed by atoms with Crippen LogP contribution in [0.1, 0.15) is 49.3 Å². The highest BCUT2D eigenvalue weighted by Gasteiger charge is 2.18. The van der Waals surface area contributed by atoms with E-state index in [9.17, 15) is 0 Å². The highest BCUT2D eigenvalue weighted by Crippen LogP contribution is 2.16. The van der Waals surface area contributed by atoms with E-state index in [1.54, 1.807) is 0 Å². The predicted molar refractivity (Wildman–Crippen MR) is 117 cm³/mol. The summed E-state index contributed by atoms with van der Waals surface area (Å²) in [5, 5.41) is 3.74. The first kappa shape index (κ1) is 23.0. The number of nitrogens with one attached hydrogen (secondary N) is 1. The molecule has 1 aliphatic rings. The molecular weight excluding hydrogens is 363 g/mol. The largest absolute Gasteiger partial charge is 0.310 e. The molecular formula is C22H32Cl2N2. The van der Waals surface area contributed by atoms with Crippen molar-refractivity contribution in [2.45, 2.75) is 51.7 Å². The topological polar surface area (TPSA) is 15.3 Å². The molecule has 0 spiro atoms. The van der Waals surface area contributed by atoms with E-state index in [-0.39, 0.29) is 24.8 Å². The van der Waals surface area contributed by atoms with Gasteiger partial charge in [0.15, 0.2) is 0 Å². The van der Waals surface area contributed by atoms with Crippen LogP contribution in [0.5, 0.6) is 0 Å². The minimum absolute atomic E-state index is 0. The second kappa shape index (κ2) is 11.6. The molecule has 2 nitrogen and oxygen atoms in total. The van der Waals surface area contributed by atoms with Crippen molar-refractivity contribution in [3.63, 3.8) is 0 Å². The fourth-order valence-corrected chi connectivity index (χ4v) is 3.42. The molecule has 0 bridgehead atoms. The summed E-state index contributed by atoms with van der Waals surface area (Å²) in [5.41, 5.74) is 4.24. The van der Waals surface area contributed by atoms with Crippen molar-refractivity contribution in [2.75, 3.05) is 13.1 Å². The molecule has 144 valence electrons. The van der Waals surface area contributed by atoms with Crippen molar-refractivity contribution in [1.29, 1.82) is 0 Å². The maximum absolute atomic E-state index is 3.74. The van der Waals surface area contributed by atoms with Crippen LogP contribution < -0.4 is 5.32 Å². The van der Waals surface area contributed by atoms with Crippen LogP contribution in [0.25, 0.3) is 0 Å². The Labute approximate surface area is 171 Å². The third-order valence-electron chi connectivity index (χ3n) is 5.08. The fourth-order valence-electron chi connectivity index (χ4n) is 3.42. The zero-order chi connectivity index (χ0) is 16.8. The van der Waals surface area contributed by atoms with Gasteiger partial charge in [-0.05, 0) is 48.5 Å². The lowest BCUT2D eigenvalue weighted by molar-refractivity contribution is 0.190. The van der Waals surface area contributed by atoms with Crippen molar-refractivity contribution in [3.8, 4) is 0 Å². The lowest BCUT2D eigenvalue weighted by Crippen LogP contribution is -2.41. The molecule has 1 aliphatic heterocycles. The third kappa shape index (κ3) is 6.92. The van der Waals surface area contributed by atoms with E-state index in [2.05, 4.69) is 78.7 Å². The van der Waals surface area contributed by atoms with Gasteiger partial charge in [-0.25, -0.2) is 0 Å². The minimum Gasteiger partial charge on any atom is -0.310 e. The Hall–Kier alpha value is -1.06. The zero-order valence-corrected chi connectivity index (χ0v) is 17.5. The minimum atomic E-state index is 0. The quantitative estimate of drug-likeness (QED) is 0.704. The van der Waals surface area contributed by atoms with Gasteiger partial charge in [-0.2, -0.15) is 0 Å². The Balaban J connectivity index is 0.00000169. The molecule has 0 unspecified atom stereocenters. The molecule has 1 saturated heterocycles. The monoisotopic (exact) mass is 394 g/mol. The maximum Gasteiger partial charge on any atom is 0.0233 e. The van der Waals surface area contributed by atoms with Crippen molar-refractivity contribution in [2.24, 2.45) is 0 Å². The van der Waals surface area contributed by atoms with E-state index >= 15 is 0 Å². The van der Waals surface area contributed by atoms with Crippen LogP contribution in [0.3, 0.4) is 0 Å². The molecule has 1 heterocycles. The smallest absolute Gasteiger partial charge is 0.0233 e. The molecule has 2 aromatic carbocycles. The first-order chi connectivity index (χ1) is 11.7. The van der Waals surface area contributed by atoms with Crippen molar-refractivity contribution in [1.82, 2.24) is 10.2 Å². The average Bonchev–Trinajstić information content (AvgIpc) is 2.62. The van der Waals surface area contributed by atoms with Crippen molar-refractivity contribution in [3.05, 3.63) is 71.3 Å². The number of piperidine rings is 1. The molecule has 0 saturated carbocycles. The Morgan fingerprint density at radius 1 is 0.885 bits per heavy atom. The van der Waals surface area contributed by atoms with Gasteiger partial charge in [0.2, 0.25) is 0 Å². The average molecular weight is 395 g/mol. The van der Waals surface area contributed by atoms with E-state index in [4.69, 9.17) is 0 Å². The zero-order valence-electron chi connectivity index (χ0n) is 15.9. The lowest BCUT2D eigenvalue weighted by atomic mass is 10.0. The molecule has 4 heteroatoms. The van der Waals surface area contributed by atoms with Crippen LogP contribution >= 0.6 is 24.8 Å². The number of hydrogen-bond acceptors (Lipinski definition) is 2. The highest BCUT2D eigenvalue weighted by molar-refractivity contribution is 5.85. The third-order valence-corrected chi connectivity index (χ3v) is 5.08. The van der Waals surface area contributed by atoms with Crippen molar-refractivity contribution < 1.29 is 0 Å². The fraction of sp³-hybridized carbons (Fsp3) is 0.455. The number of benzene rings is 2. The molecule has 1 N–H and O–H groups in total. The van der Waals surface area contributed by atoms with Gasteiger partial charge >= 0.3 is 0 Å². The molecule has 2 aromatic rings. The van der Waals surface area contributed by atoms with Gasteiger partial charge in [-0.3, -0.25) is 4.90 Å². The summed E-state index contributed by atoms with van der Waals surface area (Å²) in [4.78, 5) is 2.57. The lowest BCUT2D eigenvalue weighted by Gasteiger charge is -2.32. The normalized spacial score (nSPS) is 15.3. The molecule has 0 aliphatic carbocycles. The first-order valence-electron chi connectivity index (χ1n) is 9.29. The van der Waals surface area contributed by atoms with Gasteiger partial charge < -0.3 is 5.32 Å². The first-order valence-corrected chi connectivity index (χ1v) is 9.29. The van der Waals surface area contributed by atoms with Crippen molar-refractivity contribution >= 4 is 24.8 Å². The highest BCUT2D eigenvalue weighted by atomic mass is 35.5. The number of halogens is 2. The number of rotatable bonds is 6. The number of nitrogens with zero attached hydrogens (tertiary/aromatic N) is 1. The Kier molecular flexibility index (Phi) is 10.3. The van der Waals surface area contributed by atoms with Gasteiger partial charge in [0, 0.05) is 19.1 Å². The van der Waals surface area contributed by atoms with E-state index < -0.39 is 0 Å². The van der Waals surface area contributed by atoms with Gasteiger partial charge in [0.1, 0.15) is 0 Å². The Morgan fingerprint density at radius 2 is 1.50 bits per heavy atom. The summed E-state index contributed by atoms with van der Waals surface area (Å²) in [6.45, 7) is 8.95. The summed E-state index contributed by atoms with van der Waals surface area (Å²) in [6, 6.07) is 20.5. The summed E-state index contributed by atoms with van der Waals surface area (Å²) >= 11 is 0. The molecule has 0 amide bonds. The van der Waals surface area contributed by atoms with Gasteiger partial charge in [0.05, 0.1) is 0 Å². The van der Waals surface area contributed by atoms with E-state index in [1.165, 1.54) is 42.6 Å². The maximum atomic E-state index is 3.74. The summed E-state index contributed by atoms with van der Waals surface area (Å²) in [7, 11) is 0. The molecule has 0 aromatic heterocycles. The van der Waals surface area contributed by atoms with Crippen LogP contribution in [-0.4, -0.2) is 24.0 Å². The summed E-state index contributed by atoms with van der Waals surface area (Å²) < 4.78 is 0. The van der Waals surface area contributed by atoms with E-state index in [0.29, 0.717) is 12.0 Å². The van der Waals surface area contributed by atoms with Crippen LogP contribution in [0, 0.1) is 0 Å². The summed E-state index contributed by atoms with van der Waals surface area (Å²) in [5.74, 6) is 0.612. The predicted octanol–water partition coefficient (Wildman–Crippen LogP) is 5.41. The number of likely N-dealkylation sites (tertiary alicyclic amines) is 1. The molecule has 3 rings (SSSR count). The molecule has 0 atom stereocenters. The van der Waals surface area contributed by atoms with Crippen LogP contribution in [0.15, 0.2) is 54.6 Å². The van der Waals surface area contributed by atoms with Gasteiger partial charge in [-0.15, -0.1) is 24.8 Å². The van der Waals surface area contributed by atoms with Crippen LogP contribution in [0.4, 0.5) is 0 Å². The molecule has 1 fully saturated rings. The Morgan fingerprint density at radius 3 is 2.08 bits per heavy atom. The summed E-state index contributed by atoms with van der Waals surface area (Å²) in [6.07, 6.45) is 2.49. The van der Waals surface area contributed by atoms with E-state index in [0.717, 1.165) is 13.1 Å². The van der Waals surface area contributed by atoms with E-state index in [1.807, 2.05) is 0 Å². The second-order valence-electron chi connectivity index (χ2n) is 7.31. The Bertz CT molecular complexity index is 606. The number of hydrogen-bond donors (Lipinski definition) is 1.